The first kappa shape index (κ1) is 15.3. The summed E-state index contributed by atoms with van der Waals surface area (Å²) in [4.78, 5) is 2.13. The van der Waals surface area contributed by atoms with E-state index in [0.29, 0.717) is 0 Å². The standard InChI is InChI=1S/C14H21BrN4O/c1-18(2)7-8-19-14(12(15)10-17-19)13(16)6-5-11-4-3-9-20-11/h3-4,9-10,13H,5-8,16H2,1-2H3. The fourth-order valence-corrected chi connectivity index (χ4v) is 2.69. The monoisotopic (exact) mass is 340 g/mol. The Morgan fingerprint density at radius 1 is 1.50 bits per heavy atom. The maximum Gasteiger partial charge on any atom is 0.103 e. The van der Waals surface area contributed by atoms with Crippen molar-refractivity contribution < 1.29 is 4.42 Å². The van der Waals surface area contributed by atoms with Crippen molar-refractivity contribution in [2.75, 3.05) is 20.6 Å². The van der Waals surface area contributed by atoms with Gasteiger partial charge in [0, 0.05) is 19.0 Å². The molecule has 0 bridgehead atoms. The van der Waals surface area contributed by atoms with Crippen LogP contribution in [0.5, 0.6) is 0 Å². The lowest BCUT2D eigenvalue weighted by molar-refractivity contribution is 0.364. The van der Waals surface area contributed by atoms with Crippen LogP contribution in [-0.2, 0) is 13.0 Å². The third-order valence-corrected chi connectivity index (χ3v) is 3.84. The number of aryl methyl sites for hydroxylation is 1. The van der Waals surface area contributed by atoms with Crippen LogP contribution in [0.4, 0.5) is 0 Å². The molecule has 1 atom stereocenters. The Morgan fingerprint density at radius 3 is 2.95 bits per heavy atom. The van der Waals surface area contributed by atoms with Crippen molar-refractivity contribution in [1.29, 1.82) is 0 Å². The smallest absolute Gasteiger partial charge is 0.103 e. The summed E-state index contributed by atoms with van der Waals surface area (Å²) in [6.45, 7) is 1.77. The molecule has 1 unspecified atom stereocenters. The molecule has 5 nitrogen and oxygen atoms in total. The summed E-state index contributed by atoms with van der Waals surface area (Å²) < 4.78 is 8.30. The second-order valence-electron chi connectivity index (χ2n) is 5.13. The number of furan rings is 1. The molecule has 0 saturated carbocycles. The Balaban J connectivity index is 2.00. The Kier molecular flexibility index (Phi) is 5.39. The second kappa shape index (κ2) is 7.06. The predicted molar refractivity (Wildman–Crippen MR) is 82.4 cm³/mol. The zero-order valence-corrected chi connectivity index (χ0v) is 13.5. The van der Waals surface area contributed by atoms with Crippen LogP contribution >= 0.6 is 15.9 Å². The van der Waals surface area contributed by atoms with Crippen molar-refractivity contribution in [1.82, 2.24) is 14.7 Å². The molecule has 2 N–H and O–H groups in total. The predicted octanol–water partition coefficient (Wildman–Crippen LogP) is 2.43. The summed E-state index contributed by atoms with van der Waals surface area (Å²) in [6, 6.07) is 3.82. The number of halogens is 1. The van der Waals surface area contributed by atoms with Gasteiger partial charge in [-0.05, 0) is 48.6 Å². The zero-order valence-electron chi connectivity index (χ0n) is 11.9. The van der Waals surface area contributed by atoms with E-state index in [4.69, 9.17) is 10.2 Å². The minimum absolute atomic E-state index is 0.0564. The van der Waals surface area contributed by atoms with E-state index in [1.165, 1.54) is 0 Å². The molecule has 0 saturated heterocycles. The van der Waals surface area contributed by atoms with E-state index in [1.54, 1.807) is 6.26 Å². The molecule has 0 spiro atoms. The molecular formula is C14H21BrN4O. The van der Waals surface area contributed by atoms with Gasteiger partial charge in [0.25, 0.3) is 0 Å². The van der Waals surface area contributed by atoms with Crippen molar-refractivity contribution >= 4 is 15.9 Å². The summed E-state index contributed by atoms with van der Waals surface area (Å²) in [6.07, 6.45) is 5.18. The molecular weight excluding hydrogens is 320 g/mol. The molecule has 0 aliphatic rings. The van der Waals surface area contributed by atoms with E-state index in [0.717, 1.165) is 41.9 Å². The number of rotatable bonds is 7. The molecule has 0 radical (unpaired) electrons. The molecule has 2 aromatic heterocycles. The van der Waals surface area contributed by atoms with Crippen molar-refractivity contribution in [3.8, 4) is 0 Å². The highest BCUT2D eigenvalue weighted by molar-refractivity contribution is 9.10. The van der Waals surface area contributed by atoms with E-state index >= 15 is 0 Å². The SMILES string of the molecule is CN(C)CCn1ncc(Br)c1C(N)CCc1ccco1. The number of nitrogens with two attached hydrogens (primary N) is 1. The van der Waals surface area contributed by atoms with Crippen LogP contribution in [0.25, 0.3) is 0 Å². The largest absolute Gasteiger partial charge is 0.469 e. The molecule has 0 aliphatic heterocycles. The highest BCUT2D eigenvalue weighted by Crippen LogP contribution is 2.25. The van der Waals surface area contributed by atoms with Crippen LogP contribution in [0.1, 0.15) is 23.9 Å². The lowest BCUT2D eigenvalue weighted by Gasteiger charge is -2.16. The van der Waals surface area contributed by atoms with Gasteiger partial charge in [-0.25, -0.2) is 0 Å². The summed E-state index contributed by atoms with van der Waals surface area (Å²) in [5, 5.41) is 4.39. The maximum absolute atomic E-state index is 6.32. The maximum atomic E-state index is 6.32. The van der Waals surface area contributed by atoms with Crippen molar-refractivity contribution in [3.05, 3.63) is 40.5 Å². The highest BCUT2D eigenvalue weighted by atomic mass is 79.9. The first-order chi connectivity index (χ1) is 9.58. The Labute approximate surface area is 127 Å². The lowest BCUT2D eigenvalue weighted by Crippen LogP contribution is -2.23. The van der Waals surface area contributed by atoms with Gasteiger partial charge >= 0.3 is 0 Å². The van der Waals surface area contributed by atoms with E-state index in [9.17, 15) is 0 Å². The van der Waals surface area contributed by atoms with Gasteiger partial charge in [0.15, 0.2) is 0 Å². The van der Waals surface area contributed by atoms with Crippen LogP contribution in [0.2, 0.25) is 0 Å². The van der Waals surface area contributed by atoms with Gasteiger partial charge in [0.05, 0.1) is 29.2 Å². The Morgan fingerprint density at radius 2 is 2.30 bits per heavy atom. The number of likely N-dealkylation sites (N-methyl/N-ethyl adjacent to an activating group) is 1. The number of hydrogen-bond donors (Lipinski definition) is 1. The average molecular weight is 341 g/mol. The minimum Gasteiger partial charge on any atom is -0.469 e. The minimum atomic E-state index is -0.0564. The van der Waals surface area contributed by atoms with Crippen LogP contribution in [0, 0.1) is 0 Å². The molecule has 0 aliphatic carbocycles. The van der Waals surface area contributed by atoms with Gasteiger partial charge in [-0.15, -0.1) is 0 Å². The van der Waals surface area contributed by atoms with Crippen LogP contribution < -0.4 is 5.73 Å². The fraction of sp³-hybridized carbons (Fsp3) is 0.500. The first-order valence-corrected chi connectivity index (χ1v) is 7.51. The molecule has 6 heteroatoms. The zero-order chi connectivity index (χ0) is 14.5. The van der Waals surface area contributed by atoms with Crippen LogP contribution in [0.15, 0.2) is 33.5 Å². The summed E-state index contributed by atoms with van der Waals surface area (Å²) in [7, 11) is 4.10. The summed E-state index contributed by atoms with van der Waals surface area (Å²) in [5.74, 6) is 0.968. The van der Waals surface area contributed by atoms with E-state index in [1.807, 2.05) is 23.0 Å². The average Bonchev–Trinajstić information content (AvgIpc) is 3.03. The lowest BCUT2D eigenvalue weighted by atomic mass is 10.1. The third-order valence-electron chi connectivity index (χ3n) is 3.23. The number of hydrogen-bond acceptors (Lipinski definition) is 4. The Bertz CT molecular complexity index is 521. The topological polar surface area (TPSA) is 60.2 Å². The van der Waals surface area contributed by atoms with E-state index < -0.39 is 0 Å². The van der Waals surface area contributed by atoms with Crippen molar-refractivity contribution in [3.63, 3.8) is 0 Å². The van der Waals surface area contributed by atoms with Crippen LogP contribution in [-0.4, -0.2) is 35.3 Å². The van der Waals surface area contributed by atoms with Gasteiger partial charge in [-0.1, -0.05) is 0 Å². The van der Waals surface area contributed by atoms with Crippen molar-refractivity contribution in [2.24, 2.45) is 5.73 Å². The fourth-order valence-electron chi connectivity index (χ4n) is 2.10. The number of nitrogens with zero attached hydrogens (tertiary/aromatic N) is 3. The molecule has 110 valence electrons. The van der Waals surface area contributed by atoms with Crippen LogP contribution in [0.3, 0.4) is 0 Å². The Hall–Kier alpha value is -1.11. The van der Waals surface area contributed by atoms with E-state index in [-0.39, 0.29) is 6.04 Å². The van der Waals surface area contributed by atoms with Gasteiger partial charge in [0.1, 0.15) is 5.76 Å². The number of aromatic nitrogens is 2. The molecule has 0 amide bonds. The summed E-state index contributed by atoms with van der Waals surface area (Å²) >= 11 is 3.54. The quantitative estimate of drug-likeness (QED) is 0.840. The van der Waals surface area contributed by atoms with E-state index in [2.05, 4.69) is 40.0 Å². The summed E-state index contributed by atoms with van der Waals surface area (Å²) in [5.41, 5.74) is 7.37. The normalized spacial score (nSPS) is 13.1. The molecule has 2 rings (SSSR count). The highest BCUT2D eigenvalue weighted by Gasteiger charge is 2.17. The molecule has 20 heavy (non-hydrogen) atoms. The molecule has 2 heterocycles. The van der Waals surface area contributed by atoms with Gasteiger partial charge in [-0.3, -0.25) is 4.68 Å². The van der Waals surface area contributed by atoms with Gasteiger partial charge in [-0.2, -0.15) is 5.10 Å². The van der Waals surface area contributed by atoms with Gasteiger partial charge in [0.2, 0.25) is 0 Å². The molecule has 2 aromatic rings. The van der Waals surface area contributed by atoms with Gasteiger partial charge < -0.3 is 15.1 Å². The second-order valence-corrected chi connectivity index (χ2v) is 5.98. The molecule has 0 aromatic carbocycles. The third kappa shape index (κ3) is 3.94. The first-order valence-electron chi connectivity index (χ1n) is 6.72. The van der Waals surface area contributed by atoms with Crippen molar-refractivity contribution in [2.45, 2.75) is 25.4 Å². The molecule has 0 fully saturated rings.